The van der Waals surface area contributed by atoms with E-state index in [0.29, 0.717) is 17.9 Å². The normalized spacial score (nSPS) is 10.5. The van der Waals surface area contributed by atoms with Gasteiger partial charge in [0.2, 0.25) is 0 Å². The number of anilines is 1. The maximum absolute atomic E-state index is 13.2. The summed E-state index contributed by atoms with van der Waals surface area (Å²) in [5, 5.41) is 0. The zero-order valence-electron chi connectivity index (χ0n) is 13.5. The molecule has 0 aliphatic carbocycles. The summed E-state index contributed by atoms with van der Waals surface area (Å²) in [5.74, 6) is -1.05. The highest BCUT2D eigenvalue weighted by molar-refractivity contribution is 5.41. The topological polar surface area (TPSA) is 33.3 Å². The van der Waals surface area contributed by atoms with E-state index >= 15 is 0 Å². The van der Waals surface area contributed by atoms with Crippen molar-refractivity contribution in [1.82, 2.24) is 5.43 Å². The van der Waals surface area contributed by atoms with Gasteiger partial charge in [0.15, 0.2) is 11.6 Å². The summed E-state index contributed by atoms with van der Waals surface area (Å²) in [4.78, 5) is 0. The van der Waals surface area contributed by atoms with Gasteiger partial charge in [-0.05, 0) is 47.5 Å². The first-order valence-corrected chi connectivity index (χ1v) is 7.90. The van der Waals surface area contributed by atoms with Crippen molar-refractivity contribution in [2.24, 2.45) is 0 Å². The van der Waals surface area contributed by atoms with E-state index in [9.17, 15) is 8.78 Å². The summed E-state index contributed by atoms with van der Waals surface area (Å²) in [6.45, 7) is 0.836. The van der Waals surface area contributed by atoms with E-state index in [1.807, 2.05) is 54.6 Å². The molecule has 0 bridgehead atoms. The lowest BCUT2D eigenvalue weighted by atomic mass is 10.2. The molecule has 0 amide bonds. The second-order valence-corrected chi connectivity index (χ2v) is 5.53. The van der Waals surface area contributed by atoms with Crippen LogP contribution in [-0.4, -0.2) is 0 Å². The summed E-state index contributed by atoms with van der Waals surface area (Å²) in [6, 6.07) is 21.2. The molecule has 0 radical (unpaired) electrons. The molecule has 25 heavy (non-hydrogen) atoms. The Morgan fingerprint density at radius 3 is 2.20 bits per heavy atom. The monoisotopic (exact) mass is 340 g/mol. The lowest BCUT2D eigenvalue weighted by molar-refractivity contribution is 0.305. The van der Waals surface area contributed by atoms with Gasteiger partial charge in [-0.2, -0.15) is 0 Å². The highest BCUT2D eigenvalue weighted by Crippen LogP contribution is 2.16. The van der Waals surface area contributed by atoms with Crippen LogP contribution in [0.1, 0.15) is 11.1 Å². The van der Waals surface area contributed by atoms with E-state index in [1.165, 1.54) is 6.07 Å². The lowest BCUT2D eigenvalue weighted by Gasteiger charge is -2.10. The molecule has 0 saturated heterocycles. The van der Waals surface area contributed by atoms with Crippen molar-refractivity contribution in [1.29, 1.82) is 0 Å². The Bertz CT molecular complexity index is 808. The third-order valence-electron chi connectivity index (χ3n) is 3.61. The molecule has 0 spiro atoms. The summed E-state index contributed by atoms with van der Waals surface area (Å²) in [7, 11) is 0. The van der Waals surface area contributed by atoms with Crippen LogP contribution in [0.4, 0.5) is 14.5 Å². The van der Waals surface area contributed by atoms with Gasteiger partial charge in [-0.15, -0.1) is 0 Å². The Morgan fingerprint density at radius 1 is 0.760 bits per heavy atom. The molecular weight excluding hydrogens is 322 g/mol. The molecule has 0 saturated carbocycles. The van der Waals surface area contributed by atoms with E-state index < -0.39 is 11.6 Å². The van der Waals surface area contributed by atoms with Gasteiger partial charge < -0.3 is 10.2 Å². The predicted octanol–water partition coefficient (Wildman–Crippen LogP) is 4.66. The van der Waals surface area contributed by atoms with Gasteiger partial charge in [0.25, 0.3) is 0 Å². The minimum Gasteiger partial charge on any atom is -0.489 e. The molecule has 5 heteroatoms. The zero-order chi connectivity index (χ0) is 17.5. The van der Waals surface area contributed by atoms with Gasteiger partial charge >= 0.3 is 0 Å². The van der Waals surface area contributed by atoms with E-state index in [2.05, 4.69) is 10.9 Å². The molecule has 0 aliphatic heterocycles. The molecule has 128 valence electrons. The van der Waals surface area contributed by atoms with Crippen molar-refractivity contribution in [2.75, 3.05) is 5.43 Å². The van der Waals surface area contributed by atoms with Crippen LogP contribution in [-0.2, 0) is 13.2 Å². The number of benzene rings is 3. The molecule has 0 fully saturated rings. The fraction of sp³-hybridized carbons (Fsp3) is 0.100. The predicted molar refractivity (Wildman–Crippen MR) is 94.0 cm³/mol. The fourth-order valence-electron chi connectivity index (χ4n) is 2.27. The van der Waals surface area contributed by atoms with Crippen molar-refractivity contribution < 1.29 is 13.5 Å². The number of hydrazine groups is 1. The summed E-state index contributed by atoms with van der Waals surface area (Å²) in [6.07, 6.45) is 0. The van der Waals surface area contributed by atoms with Crippen LogP contribution in [0, 0.1) is 11.6 Å². The van der Waals surface area contributed by atoms with E-state index in [-0.39, 0.29) is 6.61 Å². The Kier molecular flexibility index (Phi) is 5.59. The minimum atomic E-state index is -0.867. The van der Waals surface area contributed by atoms with Crippen LogP contribution in [0.15, 0.2) is 72.8 Å². The van der Waals surface area contributed by atoms with Gasteiger partial charge in [-0.25, -0.2) is 14.2 Å². The van der Waals surface area contributed by atoms with Crippen molar-refractivity contribution in [2.45, 2.75) is 13.2 Å². The van der Waals surface area contributed by atoms with Gasteiger partial charge in [0.1, 0.15) is 12.4 Å². The van der Waals surface area contributed by atoms with E-state index in [0.717, 1.165) is 23.4 Å². The molecule has 0 atom stereocenters. The summed E-state index contributed by atoms with van der Waals surface area (Å²) >= 11 is 0. The molecule has 3 aromatic carbocycles. The molecule has 3 nitrogen and oxygen atoms in total. The van der Waals surface area contributed by atoms with E-state index in [4.69, 9.17) is 4.74 Å². The first kappa shape index (κ1) is 16.9. The summed E-state index contributed by atoms with van der Waals surface area (Å²) < 4.78 is 31.6. The lowest BCUT2D eigenvalue weighted by Crippen LogP contribution is -2.20. The van der Waals surface area contributed by atoms with Gasteiger partial charge in [-0.3, -0.25) is 0 Å². The zero-order valence-corrected chi connectivity index (χ0v) is 13.5. The molecule has 3 aromatic rings. The first-order chi connectivity index (χ1) is 12.2. The van der Waals surface area contributed by atoms with Crippen molar-refractivity contribution in [3.8, 4) is 5.75 Å². The number of hydrogen-bond acceptors (Lipinski definition) is 3. The SMILES string of the molecule is Fc1ccc(COc2ccc(CNNc3ccccc3)cc2)cc1F. The molecule has 0 aliphatic rings. The molecule has 2 N–H and O–H groups in total. The number of para-hydroxylation sites is 1. The Balaban J connectivity index is 1.47. The van der Waals surface area contributed by atoms with Crippen LogP contribution in [0.2, 0.25) is 0 Å². The Morgan fingerprint density at radius 2 is 1.48 bits per heavy atom. The molecular formula is C20H18F2N2O. The van der Waals surface area contributed by atoms with Gasteiger partial charge in [-0.1, -0.05) is 36.4 Å². The van der Waals surface area contributed by atoms with Crippen LogP contribution in [0.3, 0.4) is 0 Å². The number of ether oxygens (including phenoxy) is 1. The Hall–Kier alpha value is -2.92. The number of rotatable bonds is 7. The van der Waals surface area contributed by atoms with Crippen molar-refractivity contribution in [3.05, 3.63) is 95.6 Å². The highest BCUT2D eigenvalue weighted by atomic mass is 19.2. The molecule has 0 aromatic heterocycles. The summed E-state index contributed by atoms with van der Waals surface area (Å²) in [5.41, 5.74) is 8.92. The van der Waals surface area contributed by atoms with Gasteiger partial charge in [0, 0.05) is 12.2 Å². The molecule has 0 heterocycles. The standard InChI is InChI=1S/C20H18F2N2O/c21-19-11-8-16(12-20(19)22)14-25-18-9-6-15(7-10-18)13-23-24-17-4-2-1-3-5-17/h1-12,23-24H,13-14H2. The number of hydrogen-bond donors (Lipinski definition) is 2. The smallest absolute Gasteiger partial charge is 0.159 e. The van der Waals surface area contributed by atoms with E-state index in [1.54, 1.807) is 0 Å². The maximum atomic E-state index is 13.2. The second-order valence-electron chi connectivity index (χ2n) is 5.53. The van der Waals surface area contributed by atoms with Crippen LogP contribution in [0.5, 0.6) is 5.75 Å². The van der Waals surface area contributed by atoms with Crippen LogP contribution < -0.4 is 15.6 Å². The first-order valence-electron chi connectivity index (χ1n) is 7.90. The quantitative estimate of drug-likeness (QED) is 0.614. The van der Waals surface area contributed by atoms with Gasteiger partial charge in [0.05, 0.1) is 0 Å². The van der Waals surface area contributed by atoms with Crippen LogP contribution in [0.25, 0.3) is 0 Å². The number of nitrogens with one attached hydrogen (secondary N) is 2. The van der Waals surface area contributed by atoms with Crippen molar-refractivity contribution >= 4 is 5.69 Å². The largest absolute Gasteiger partial charge is 0.489 e. The molecule has 0 unspecified atom stereocenters. The third kappa shape index (κ3) is 5.02. The number of halogens is 2. The fourth-order valence-corrected chi connectivity index (χ4v) is 2.27. The average molecular weight is 340 g/mol. The molecule has 3 rings (SSSR count). The van der Waals surface area contributed by atoms with Crippen LogP contribution >= 0.6 is 0 Å². The third-order valence-corrected chi connectivity index (χ3v) is 3.61. The maximum Gasteiger partial charge on any atom is 0.159 e. The minimum absolute atomic E-state index is 0.185. The Labute approximate surface area is 145 Å². The highest BCUT2D eigenvalue weighted by Gasteiger charge is 2.03. The van der Waals surface area contributed by atoms with Crippen molar-refractivity contribution in [3.63, 3.8) is 0 Å². The second kappa shape index (κ2) is 8.26. The average Bonchev–Trinajstić information content (AvgIpc) is 2.65.